The molecule has 1 aliphatic heterocycles. The first-order valence-electron chi connectivity index (χ1n) is 12.4. The van der Waals surface area contributed by atoms with Crippen LogP contribution in [0, 0.1) is 6.92 Å². The summed E-state index contributed by atoms with van der Waals surface area (Å²) in [5.41, 5.74) is 5.29. The van der Waals surface area contributed by atoms with Gasteiger partial charge in [0, 0.05) is 18.5 Å². The Kier molecular flexibility index (Phi) is 7.51. The van der Waals surface area contributed by atoms with Crippen LogP contribution < -0.4 is 4.80 Å². The van der Waals surface area contributed by atoms with Crippen molar-refractivity contribution in [2.75, 3.05) is 13.1 Å². The molecule has 36 heavy (non-hydrogen) atoms. The quantitative estimate of drug-likeness (QED) is 0.298. The van der Waals surface area contributed by atoms with Crippen LogP contribution in [0.15, 0.2) is 94.1 Å². The highest BCUT2D eigenvalue weighted by atomic mass is 32.2. The van der Waals surface area contributed by atoms with Crippen LogP contribution in [0.2, 0.25) is 0 Å². The lowest BCUT2D eigenvalue weighted by molar-refractivity contribution is 0.424. The van der Waals surface area contributed by atoms with Gasteiger partial charge in [-0.2, -0.15) is 4.31 Å². The van der Waals surface area contributed by atoms with Crippen molar-refractivity contribution in [1.82, 2.24) is 8.87 Å². The van der Waals surface area contributed by atoms with E-state index in [0.29, 0.717) is 24.5 Å². The second-order valence-corrected chi connectivity index (χ2v) is 12.0. The van der Waals surface area contributed by atoms with Gasteiger partial charge < -0.3 is 4.57 Å². The Labute approximate surface area is 217 Å². The summed E-state index contributed by atoms with van der Waals surface area (Å²) in [7, 11) is -3.47. The molecule has 5 rings (SSSR count). The maximum absolute atomic E-state index is 13.2. The summed E-state index contributed by atoms with van der Waals surface area (Å²) in [6, 6.07) is 25.9. The van der Waals surface area contributed by atoms with E-state index in [4.69, 9.17) is 4.99 Å². The number of thiazole rings is 1. The summed E-state index contributed by atoms with van der Waals surface area (Å²) < 4.78 is 30.3. The van der Waals surface area contributed by atoms with Gasteiger partial charge in [0.25, 0.3) is 0 Å². The predicted molar refractivity (Wildman–Crippen MR) is 147 cm³/mol. The van der Waals surface area contributed by atoms with Crippen LogP contribution in [-0.4, -0.2) is 30.4 Å². The molecule has 1 aliphatic rings. The van der Waals surface area contributed by atoms with Crippen molar-refractivity contribution in [3.05, 3.63) is 100 Å². The van der Waals surface area contributed by atoms with E-state index < -0.39 is 10.0 Å². The Morgan fingerprint density at radius 2 is 1.50 bits per heavy atom. The fourth-order valence-electron chi connectivity index (χ4n) is 4.53. The normalized spacial score (nSPS) is 15.6. The van der Waals surface area contributed by atoms with Gasteiger partial charge in [-0.3, -0.25) is 0 Å². The zero-order valence-electron chi connectivity index (χ0n) is 20.5. The number of sulfonamides is 1. The predicted octanol–water partition coefficient (Wildman–Crippen LogP) is 6.37. The lowest BCUT2D eigenvalue weighted by Gasteiger charge is -2.20. The van der Waals surface area contributed by atoms with E-state index >= 15 is 0 Å². The largest absolute Gasteiger partial charge is 0.312 e. The Morgan fingerprint density at radius 3 is 2.17 bits per heavy atom. The number of benzene rings is 3. The molecule has 0 N–H and O–H groups in total. The summed E-state index contributed by atoms with van der Waals surface area (Å²) in [6.45, 7) is 3.96. The Morgan fingerprint density at radius 1 is 0.833 bits per heavy atom. The summed E-state index contributed by atoms with van der Waals surface area (Å²) in [6.07, 6.45) is 4.05. The van der Waals surface area contributed by atoms with Crippen LogP contribution in [0.4, 0.5) is 5.69 Å². The Bertz CT molecular complexity index is 1460. The smallest absolute Gasteiger partial charge is 0.243 e. The number of aryl methyl sites for hydroxylation is 1. The second-order valence-electron chi connectivity index (χ2n) is 9.27. The molecule has 4 aromatic rings. The van der Waals surface area contributed by atoms with Crippen molar-refractivity contribution in [1.29, 1.82) is 0 Å². The molecule has 0 atom stereocenters. The maximum atomic E-state index is 13.2. The molecule has 0 amide bonds. The van der Waals surface area contributed by atoms with Crippen molar-refractivity contribution in [2.24, 2.45) is 4.99 Å². The molecule has 0 aliphatic carbocycles. The monoisotopic (exact) mass is 517 g/mol. The average Bonchev–Trinajstić information content (AvgIpc) is 3.08. The molecule has 186 valence electrons. The van der Waals surface area contributed by atoms with Gasteiger partial charge in [0.05, 0.1) is 22.8 Å². The topological polar surface area (TPSA) is 54.7 Å². The maximum Gasteiger partial charge on any atom is 0.243 e. The van der Waals surface area contributed by atoms with E-state index in [0.717, 1.165) is 47.4 Å². The lowest BCUT2D eigenvalue weighted by atomic mass is 10.1. The summed E-state index contributed by atoms with van der Waals surface area (Å²) in [5, 5.41) is 2.11. The van der Waals surface area contributed by atoms with E-state index in [9.17, 15) is 8.42 Å². The van der Waals surface area contributed by atoms with Gasteiger partial charge in [-0.1, -0.05) is 73.0 Å². The van der Waals surface area contributed by atoms with Gasteiger partial charge >= 0.3 is 0 Å². The molecular weight excluding hydrogens is 486 g/mol. The summed E-state index contributed by atoms with van der Waals surface area (Å²) in [4.78, 5) is 6.20. The third kappa shape index (κ3) is 5.53. The van der Waals surface area contributed by atoms with Crippen LogP contribution >= 0.6 is 11.3 Å². The molecule has 1 saturated heterocycles. The Hall–Kier alpha value is -3.00. The van der Waals surface area contributed by atoms with E-state index in [1.165, 1.54) is 11.1 Å². The van der Waals surface area contributed by atoms with Crippen molar-refractivity contribution >= 4 is 27.0 Å². The minimum atomic E-state index is -3.47. The Balaban J connectivity index is 1.51. The first kappa shape index (κ1) is 24.7. The number of hydrogen-bond donors (Lipinski definition) is 0. The number of aromatic nitrogens is 1. The fraction of sp³-hybridized carbons (Fsp3) is 0.276. The average molecular weight is 518 g/mol. The highest BCUT2D eigenvalue weighted by molar-refractivity contribution is 7.89. The molecule has 0 radical (unpaired) electrons. The molecule has 1 fully saturated rings. The zero-order valence-corrected chi connectivity index (χ0v) is 22.1. The SMILES string of the molecule is Cc1ccc(N=c2scc(-c3ccc(S(=O)(=O)N4CCCCCC4)cc3)n2Cc2ccccc2)cc1. The van der Waals surface area contributed by atoms with Gasteiger partial charge in [-0.25, -0.2) is 13.4 Å². The van der Waals surface area contributed by atoms with Crippen molar-refractivity contribution in [3.8, 4) is 11.3 Å². The van der Waals surface area contributed by atoms with Gasteiger partial charge in [-0.15, -0.1) is 11.3 Å². The van der Waals surface area contributed by atoms with Crippen LogP contribution in [0.1, 0.15) is 36.8 Å². The molecule has 3 aromatic carbocycles. The number of nitrogens with zero attached hydrogens (tertiary/aromatic N) is 3. The van der Waals surface area contributed by atoms with Gasteiger partial charge in [-0.05, 0) is 55.2 Å². The molecule has 0 saturated carbocycles. The van der Waals surface area contributed by atoms with Crippen LogP contribution in [0.25, 0.3) is 11.3 Å². The second kappa shape index (κ2) is 10.9. The van der Waals surface area contributed by atoms with Crippen LogP contribution in [0.5, 0.6) is 0 Å². The van der Waals surface area contributed by atoms with Gasteiger partial charge in [0.2, 0.25) is 10.0 Å². The van der Waals surface area contributed by atoms with Gasteiger partial charge in [0.1, 0.15) is 0 Å². The van der Waals surface area contributed by atoms with Gasteiger partial charge in [0.15, 0.2) is 4.80 Å². The van der Waals surface area contributed by atoms with E-state index in [2.05, 4.69) is 41.1 Å². The highest BCUT2D eigenvalue weighted by Gasteiger charge is 2.25. The van der Waals surface area contributed by atoms with Crippen LogP contribution in [-0.2, 0) is 16.6 Å². The molecule has 5 nitrogen and oxygen atoms in total. The third-order valence-corrected chi connectivity index (χ3v) is 9.37. The van der Waals surface area contributed by atoms with Crippen molar-refractivity contribution in [2.45, 2.75) is 44.0 Å². The minimum absolute atomic E-state index is 0.363. The van der Waals surface area contributed by atoms with E-state index in [1.807, 2.05) is 42.5 Å². The molecule has 7 heteroatoms. The zero-order chi connectivity index (χ0) is 25.0. The summed E-state index contributed by atoms with van der Waals surface area (Å²) in [5.74, 6) is 0. The number of hydrogen-bond acceptors (Lipinski definition) is 4. The minimum Gasteiger partial charge on any atom is -0.312 e. The first-order valence-corrected chi connectivity index (χ1v) is 14.8. The van der Waals surface area contributed by atoms with E-state index in [1.54, 1.807) is 27.8 Å². The highest BCUT2D eigenvalue weighted by Crippen LogP contribution is 2.26. The standard InChI is InChI=1S/C29H31N3O2S2/c1-23-11-15-26(16-12-23)30-29-32(21-24-9-5-4-6-10-24)28(22-35-29)25-13-17-27(18-14-25)36(33,34)31-19-7-2-3-8-20-31/h4-6,9-18,22H,2-3,7-8,19-21H2,1H3. The van der Waals surface area contributed by atoms with Crippen LogP contribution in [0.3, 0.4) is 0 Å². The van der Waals surface area contributed by atoms with Crippen molar-refractivity contribution in [3.63, 3.8) is 0 Å². The fourth-order valence-corrected chi connectivity index (χ4v) is 6.97. The molecule has 2 heterocycles. The molecule has 0 bridgehead atoms. The van der Waals surface area contributed by atoms with E-state index in [-0.39, 0.29) is 0 Å². The summed E-state index contributed by atoms with van der Waals surface area (Å²) >= 11 is 1.59. The first-order chi connectivity index (χ1) is 17.5. The molecule has 1 aromatic heterocycles. The lowest BCUT2D eigenvalue weighted by Crippen LogP contribution is -2.31. The molecular formula is C29H31N3O2S2. The third-order valence-electron chi connectivity index (χ3n) is 6.59. The van der Waals surface area contributed by atoms with Crippen molar-refractivity contribution < 1.29 is 8.42 Å². The molecule has 0 unspecified atom stereocenters. The number of rotatable bonds is 6. The molecule has 0 spiro atoms.